The van der Waals surface area contributed by atoms with Gasteiger partial charge in [-0.05, 0) is 42.7 Å². The number of Topliss-reactive ketones (excluding diaryl/α,β-unsaturated/α-hetero) is 1. The minimum Gasteiger partial charge on any atom is -0.472 e. The molecule has 1 aromatic heterocycles. The summed E-state index contributed by atoms with van der Waals surface area (Å²) in [5, 5.41) is 0. The summed E-state index contributed by atoms with van der Waals surface area (Å²) in [6, 6.07) is 1.83. The molecule has 3 aliphatic carbocycles. The highest BCUT2D eigenvalue weighted by molar-refractivity contribution is 5.92. The molecule has 0 spiro atoms. The van der Waals surface area contributed by atoms with E-state index in [1.807, 2.05) is 26.8 Å². The number of methoxy groups -OCH3 is 1. The molecule has 8 heteroatoms. The fourth-order valence-corrected chi connectivity index (χ4v) is 8.37. The molecule has 2 heterocycles. The normalized spacial score (nSPS) is 38.3. The molecule has 7 atom stereocenters. The van der Waals surface area contributed by atoms with Gasteiger partial charge in [0, 0.05) is 35.2 Å². The Hall–Kier alpha value is -2.90. The molecule has 5 rings (SSSR count). The maximum absolute atomic E-state index is 14.2. The Morgan fingerprint density at radius 3 is 2.51 bits per heavy atom. The number of ether oxygens (including phenoxy) is 3. The third-order valence-corrected chi connectivity index (χ3v) is 10.1. The van der Waals surface area contributed by atoms with Crippen LogP contribution in [0.2, 0.25) is 0 Å². The van der Waals surface area contributed by atoms with Crippen LogP contribution in [0.25, 0.3) is 0 Å². The summed E-state index contributed by atoms with van der Waals surface area (Å²) in [5.74, 6) is -2.20. The number of carbonyl (C=O) groups is 4. The number of furan rings is 1. The first-order valence-corrected chi connectivity index (χ1v) is 13.1. The van der Waals surface area contributed by atoms with Crippen LogP contribution in [0.3, 0.4) is 0 Å². The lowest BCUT2D eigenvalue weighted by Gasteiger charge is -2.63. The van der Waals surface area contributed by atoms with Crippen molar-refractivity contribution in [3.63, 3.8) is 0 Å². The molecule has 2 bridgehead atoms. The number of hydrogen-bond acceptors (Lipinski definition) is 8. The average molecular weight is 513 g/mol. The zero-order valence-electron chi connectivity index (χ0n) is 22.4. The zero-order valence-corrected chi connectivity index (χ0v) is 22.4. The molecule has 0 unspecified atom stereocenters. The lowest BCUT2D eigenvalue weighted by atomic mass is 9.40. The summed E-state index contributed by atoms with van der Waals surface area (Å²) >= 11 is 0. The van der Waals surface area contributed by atoms with Gasteiger partial charge in [0.2, 0.25) is 0 Å². The Balaban J connectivity index is 1.69. The Labute approximate surface area is 217 Å². The monoisotopic (exact) mass is 512 g/mol. The quantitative estimate of drug-likeness (QED) is 0.324. The minimum absolute atomic E-state index is 0.0368. The summed E-state index contributed by atoms with van der Waals surface area (Å²) < 4.78 is 22.1. The maximum atomic E-state index is 14.2. The Morgan fingerprint density at radius 1 is 1.16 bits per heavy atom. The van der Waals surface area contributed by atoms with Crippen LogP contribution < -0.4 is 0 Å². The highest BCUT2D eigenvalue weighted by Crippen LogP contribution is 2.68. The number of cyclic esters (lactones) is 1. The minimum atomic E-state index is -0.868. The van der Waals surface area contributed by atoms with Gasteiger partial charge in [0.05, 0.1) is 32.0 Å². The predicted molar refractivity (Wildman–Crippen MR) is 131 cm³/mol. The van der Waals surface area contributed by atoms with E-state index in [0.717, 1.165) is 29.6 Å². The maximum Gasteiger partial charge on any atom is 0.310 e. The van der Waals surface area contributed by atoms with Gasteiger partial charge < -0.3 is 18.6 Å². The van der Waals surface area contributed by atoms with E-state index in [2.05, 4.69) is 6.92 Å². The van der Waals surface area contributed by atoms with Crippen molar-refractivity contribution in [2.75, 3.05) is 7.11 Å². The molecule has 1 aromatic rings. The first-order chi connectivity index (χ1) is 17.4. The largest absolute Gasteiger partial charge is 0.472 e. The highest BCUT2D eigenvalue weighted by atomic mass is 16.6. The second-order valence-corrected chi connectivity index (χ2v) is 12.3. The fourth-order valence-electron chi connectivity index (χ4n) is 8.37. The molecule has 1 aliphatic heterocycles. The number of ketones is 1. The van der Waals surface area contributed by atoms with Crippen molar-refractivity contribution in [2.24, 2.45) is 34.0 Å². The van der Waals surface area contributed by atoms with Crippen LogP contribution in [-0.4, -0.2) is 36.9 Å². The first kappa shape index (κ1) is 25.7. The molecule has 0 aromatic carbocycles. The number of carbonyl (C=O) groups excluding carboxylic acids is 4. The van der Waals surface area contributed by atoms with Crippen LogP contribution in [0, 0.1) is 34.0 Å². The number of fused-ring (bicyclic) bond motifs is 5. The Morgan fingerprint density at radius 2 is 1.89 bits per heavy atom. The van der Waals surface area contributed by atoms with Gasteiger partial charge in [0.25, 0.3) is 0 Å². The standard InChI is InChI=1S/C29H36O8/c1-15(30)36-26-18-11-17-19(29(5,24(18)33)21(27(26,2)3)13-22(31)34-6)7-9-28(4)20(17)12-23(32)37-25(28)16-8-10-35-14-16/h8,10,14,18-19,21,25-26H,7,9,11-13H2,1-6H3/t18-,19-,21-,25-,26+,28+,29+/m0/s1. The molecule has 4 aliphatic rings. The van der Waals surface area contributed by atoms with E-state index in [-0.39, 0.29) is 30.5 Å². The van der Waals surface area contributed by atoms with Crippen molar-refractivity contribution in [1.82, 2.24) is 0 Å². The van der Waals surface area contributed by atoms with Crippen LogP contribution in [0.4, 0.5) is 0 Å². The van der Waals surface area contributed by atoms with E-state index in [1.165, 1.54) is 14.0 Å². The van der Waals surface area contributed by atoms with E-state index >= 15 is 0 Å². The number of hydrogen-bond donors (Lipinski definition) is 0. The lowest BCUT2D eigenvalue weighted by Crippen LogP contribution is -2.66. The summed E-state index contributed by atoms with van der Waals surface area (Å²) in [5.41, 5.74) is 0.968. The van der Waals surface area contributed by atoms with Gasteiger partial charge in [-0.2, -0.15) is 0 Å². The van der Waals surface area contributed by atoms with Gasteiger partial charge in [0.15, 0.2) is 0 Å². The van der Waals surface area contributed by atoms with Crippen LogP contribution in [0.15, 0.2) is 34.2 Å². The molecule has 200 valence electrons. The van der Waals surface area contributed by atoms with Gasteiger partial charge in [-0.3, -0.25) is 19.2 Å². The van der Waals surface area contributed by atoms with Gasteiger partial charge in [0.1, 0.15) is 18.0 Å². The van der Waals surface area contributed by atoms with Crippen LogP contribution >= 0.6 is 0 Å². The third-order valence-electron chi connectivity index (χ3n) is 10.1. The second-order valence-electron chi connectivity index (χ2n) is 12.3. The highest BCUT2D eigenvalue weighted by Gasteiger charge is 2.68. The molecule has 1 saturated heterocycles. The fraction of sp³-hybridized carbons (Fsp3) is 0.655. The van der Waals surface area contributed by atoms with E-state index in [9.17, 15) is 19.2 Å². The van der Waals surface area contributed by atoms with Crippen molar-refractivity contribution >= 4 is 23.7 Å². The van der Waals surface area contributed by atoms with Gasteiger partial charge in [-0.25, -0.2) is 0 Å². The summed E-state index contributed by atoms with van der Waals surface area (Å²) in [6.45, 7) is 9.43. The van der Waals surface area contributed by atoms with E-state index in [0.29, 0.717) is 6.42 Å². The van der Waals surface area contributed by atoms with Gasteiger partial charge in [-0.1, -0.05) is 33.3 Å². The number of allylic oxidation sites excluding steroid dienone is 1. The molecular weight excluding hydrogens is 476 g/mol. The van der Waals surface area contributed by atoms with Crippen molar-refractivity contribution < 1.29 is 37.8 Å². The topological polar surface area (TPSA) is 109 Å². The number of esters is 3. The van der Waals surface area contributed by atoms with Crippen molar-refractivity contribution in [3.8, 4) is 0 Å². The first-order valence-electron chi connectivity index (χ1n) is 13.1. The molecule has 2 saturated carbocycles. The summed E-state index contributed by atoms with van der Waals surface area (Å²) in [4.78, 5) is 52.0. The Kier molecular flexibility index (Phi) is 5.96. The van der Waals surface area contributed by atoms with Crippen molar-refractivity contribution in [2.45, 2.75) is 78.9 Å². The van der Waals surface area contributed by atoms with E-state index < -0.39 is 52.2 Å². The smallest absolute Gasteiger partial charge is 0.310 e. The van der Waals surface area contributed by atoms with Gasteiger partial charge >= 0.3 is 17.9 Å². The van der Waals surface area contributed by atoms with Crippen molar-refractivity contribution in [1.29, 1.82) is 0 Å². The number of rotatable bonds is 4. The second kappa shape index (κ2) is 8.57. The van der Waals surface area contributed by atoms with Crippen LogP contribution in [0.1, 0.15) is 78.4 Å². The van der Waals surface area contributed by atoms with Crippen LogP contribution in [0.5, 0.6) is 0 Å². The van der Waals surface area contributed by atoms with Crippen molar-refractivity contribution in [3.05, 3.63) is 35.3 Å². The van der Waals surface area contributed by atoms with E-state index in [4.69, 9.17) is 18.6 Å². The molecule has 37 heavy (non-hydrogen) atoms. The lowest BCUT2D eigenvalue weighted by molar-refractivity contribution is -0.197. The molecule has 3 fully saturated rings. The predicted octanol–water partition coefficient (Wildman–Crippen LogP) is 4.73. The summed E-state index contributed by atoms with van der Waals surface area (Å²) in [6.07, 6.45) is 4.12. The van der Waals surface area contributed by atoms with Crippen LogP contribution in [-0.2, 0) is 33.4 Å². The zero-order chi connectivity index (χ0) is 26.9. The summed E-state index contributed by atoms with van der Waals surface area (Å²) in [7, 11) is 1.35. The molecule has 0 N–H and O–H groups in total. The SMILES string of the molecule is COC(=O)C[C@H]1C(C)(C)[C@H](OC(C)=O)[C@H]2CC3=C4CC(=O)O[C@@H](c5ccoc5)[C@]4(C)CC[C@@H]3[C@@]1(C)C2=O. The molecular formula is C29H36O8. The van der Waals surface area contributed by atoms with Gasteiger partial charge in [-0.15, -0.1) is 0 Å². The average Bonchev–Trinajstić information content (AvgIpc) is 3.36. The third kappa shape index (κ3) is 3.62. The molecule has 0 amide bonds. The Bertz CT molecular complexity index is 1180. The molecule has 8 nitrogen and oxygen atoms in total. The molecule has 0 radical (unpaired) electrons. The van der Waals surface area contributed by atoms with E-state index in [1.54, 1.807) is 12.5 Å².